The zero-order chi connectivity index (χ0) is 19.7. The molecule has 1 heterocycles. The number of halogens is 2. The lowest BCUT2D eigenvalue weighted by Crippen LogP contribution is -2.37. The summed E-state index contributed by atoms with van der Waals surface area (Å²) < 4.78 is 6.19. The molecule has 1 aliphatic carbocycles. The molecule has 144 valence electrons. The Morgan fingerprint density at radius 1 is 1.11 bits per heavy atom. The largest absolute Gasteiger partial charge is 0.450 e. The van der Waals surface area contributed by atoms with Crippen LogP contribution in [0.15, 0.2) is 48.0 Å². The van der Waals surface area contributed by atoms with Gasteiger partial charge in [0.2, 0.25) is 0 Å². The summed E-state index contributed by atoms with van der Waals surface area (Å²) in [6.45, 7) is 3.60. The standard InChI is InChI=1S/C23H21BrClNO2/c1-2-28-23(27)26-11-9-15(10-12-26)22-18-6-4-3-5-16(18)13-21(24)20-14-17(25)7-8-19(20)22/h3-8,13-14H,2,9-12H2,1H3. The average molecular weight is 459 g/mol. The number of fused-ring (bicyclic) bond motifs is 2. The number of hydrogen-bond acceptors (Lipinski definition) is 2. The molecule has 0 aromatic heterocycles. The van der Waals surface area contributed by atoms with E-state index in [1.807, 2.05) is 19.1 Å². The Morgan fingerprint density at radius 3 is 2.61 bits per heavy atom. The van der Waals surface area contributed by atoms with Crippen LogP contribution in [0.25, 0.3) is 16.1 Å². The summed E-state index contributed by atoms with van der Waals surface area (Å²) in [4.78, 5) is 13.9. The molecule has 1 fully saturated rings. The first-order valence-electron chi connectivity index (χ1n) is 9.49. The van der Waals surface area contributed by atoms with Gasteiger partial charge in [0.25, 0.3) is 0 Å². The molecule has 2 aliphatic rings. The summed E-state index contributed by atoms with van der Waals surface area (Å²) in [5.41, 5.74) is 7.30. The van der Waals surface area contributed by atoms with E-state index in [0.29, 0.717) is 19.7 Å². The Labute approximate surface area is 178 Å². The molecule has 0 radical (unpaired) electrons. The zero-order valence-electron chi connectivity index (χ0n) is 15.7. The normalized spacial score (nSPS) is 16.1. The van der Waals surface area contributed by atoms with Gasteiger partial charge >= 0.3 is 6.09 Å². The smallest absolute Gasteiger partial charge is 0.409 e. The summed E-state index contributed by atoms with van der Waals surface area (Å²) in [7, 11) is 0. The number of carbonyl (C=O) groups is 1. The van der Waals surface area contributed by atoms with Crippen LogP contribution < -0.4 is 0 Å². The van der Waals surface area contributed by atoms with Gasteiger partial charge in [0.05, 0.1) is 6.61 Å². The van der Waals surface area contributed by atoms with Crippen molar-refractivity contribution in [1.29, 1.82) is 0 Å². The summed E-state index contributed by atoms with van der Waals surface area (Å²) >= 11 is 10.1. The molecule has 1 saturated heterocycles. The quantitative estimate of drug-likeness (QED) is 0.482. The SMILES string of the molecule is CCOC(=O)N1CCC(=C2c3ccccc3C=C(Br)c3cc(Cl)ccc32)CC1. The van der Waals surface area contributed by atoms with E-state index < -0.39 is 0 Å². The molecule has 3 nitrogen and oxygen atoms in total. The Balaban J connectivity index is 1.81. The van der Waals surface area contributed by atoms with Crippen LogP contribution in [0.3, 0.4) is 0 Å². The van der Waals surface area contributed by atoms with Gasteiger partial charge in [-0.1, -0.05) is 63.4 Å². The van der Waals surface area contributed by atoms with Crippen molar-refractivity contribution in [2.24, 2.45) is 0 Å². The third kappa shape index (κ3) is 3.63. The molecular formula is C23H21BrClNO2. The first-order valence-corrected chi connectivity index (χ1v) is 10.7. The van der Waals surface area contributed by atoms with E-state index in [1.54, 1.807) is 4.90 Å². The first kappa shape index (κ1) is 19.3. The molecule has 0 bridgehead atoms. The average Bonchev–Trinajstić information content (AvgIpc) is 2.82. The van der Waals surface area contributed by atoms with Gasteiger partial charge in [0, 0.05) is 22.6 Å². The number of piperidine rings is 1. The van der Waals surface area contributed by atoms with Crippen molar-refractivity contribution in [3.63, 3.8) is 0 Å². The zero-order valence-corrected chi connectivity index (χ0v) is 18.0. The van der Waals surface area contributed by atoms with Gasteiger partial charge in [0.1, 0.15) is 0 Å². The highest BCUT2D eigenvalue weighted by atomic mass is 79.9. The maximum absolute atomic E-state index is 12.1. The summed E-state index contributed by atoms with van der Waals surface area (Å²) in [6.07, 6.45) is 3.61. The van der Waals surface area contributed by atoms with Gasteiger partial charge in [-0.3, -0.25) is 0 Å². The van der Waals surface area contributed by atoms with Crippen molar-refractivity contribution in [3.8, 4) is 0 Å². The second kappa shape index (κ2) is 8.14. The summed E-state index contributed by atoms with van der Waals surface area (Å²) in [5.74, 6) is 0. The Hall–Kier alpha value is -2.04. The van der Waals surface area contributed by atoms with E-state index in [4.69, 9.17) is 16.3 Å². The fourth-order valence-electron chi connectivity index (χ4n) is 3.95. The van der Waals surface area contributed by atoms with Crippen molar-refractivity contribution in [1.82, 2.24) is 4.90 Å². The number of rotatable bonds is 1. The minimum Gasteiger partial charge on any atom is -0.450 e. The maximum Gasteiger partial charge on any atom is 0.409 e. The number of amides is 1. The van der Waals surface area contributed by atoms with Crippen molar-refractivity contribution >= 4 is 49.8 Å². The Morgan fingerprint density at radius 2 is 1.86 bits per heavy atom. The lowest BCUT2D eigenvalue weighted by Gasteiger charge is -2.30. The predicted octanol–water partition coefficient (Wildman–Crippen LogP) is 6.60. The van der Waals surface area contributed by atoms with Crippen LogP contribution in [-0.4, -0.2) is 30.7 Å². The van der Waals surface area contributed by atoms with Gasteiger partial charge in [-0.25, -0.2) is 4.79 Å². The number of nitrogens with zero attached hydrogens (tertiary/aromatic N) is 1. The number of ether oxygens (including phenoxy) is 1. The second-order valence-corrected chi connectivity index (χ2v) is 8.22. The number of benzene rings is 2. The van der Waals surface area contributed by atoms with E-state index in [-0.39, 0.29) is 6.09 Å². The summed E-state index contributed by atoms with van der Waals surface area (Å²) in [6, 6.07) is 14.5. The Kier molecular flexibility index (Phi) is 5.61. The van der Waals surface area contributed by atoms with E-state index in [2.05, 4.69) is 52.3 Å². The maximum atomic E-state index is 12.1. The molecule has 2 aromatic carbocycles. The molecule has 5 heteroatoms. The first-order chi connectivity index (χ1) is 13.6. The molecule has 0 spiro atoms. The highest BCUT2D eigenvalue weighted by Gasteiger charge is 2.26. The highest BCUT2D eigenvalue weighted by Crippen LogP contribution is 2.43. The van der Waals surface area contributed by atoms with Gasteiger partial charge in [-0.05, 0) is 65.8 Å². The van der Waals surface area contributed by atoms with Crippen molar-refractivity contribution in [2.45, 2.75) is 19.8 Å². The van der Waals surface area contributed by atoms with Gasteiger partial charge in [-0.2, -0.15) is 0 Å². The lowest BCUT2D eigenvalue weighted by molar-refractivity contribution is 0.104. The molecule has 1 amide bonds. The second-order valence-electron chi connectivity index (χ2n) is 6.93. The topological polar surface area (TPSA) is 29.5 Å². The minimum absolute atomic E-state index is 0.218. The Bertz CT molecular complexity index is 986. The van der Waals surface area contributed by atoms with Crippen molar-refractivity contribution < 1.29 is 9.53 Å². The lowest BCUT2D eigenvalue weighted by atomic mass is 9.86. The fraction of sp³-hybridized carbons (Fsp3) is 0.261. The number of likely N-dealkylation sites (tertiary alicyclic amines) is 1. The van der Waals surface area contributed by atoms with E-state index in [9.17, 15) is 4.79 Å². The van der Waals surface area contributed by atoms with Crippen molar-refractivity contribution in [2.75, 3.05) is 19.7 Å². The third-order valence-corrected chi connectivity index (χ3v) is 6.16. The van der Waals surface area contributed by atoms with E-state index in [1.165, 1.54) is 27.8 Å². The van der Waals surface area contributed by atoms with Gasteiger partial charge < -0.3 is 9.64 Å². The van der Waals surface area contributed by atoms with E-state index >= 15 is 0 Å². The molecule has 1 aliphatic heterocycles. The molecule has 4 rings (SSSR count). The monoisotopic (exact) mass is 457 g/mol. The molecule has 2 aromatic rings. The van der Waals surface area contributed by atoms with Crippen LogP contribution in [-0.2, 0) is 4.74 Å². The van der Waals surface area contributed by atoms with Crippen LogP contribution in [0.1, 0.15) is 42.0 Å². The van der Waals surface area contributed by atoms with Crippen LogP contribution >= 0.6 is 27.5 Å². The van der Waals surface area contributed by atoms with Gasteiger partial charge in [0.15, 0.2) is 0 Å². The summed E-state index contributed by atoms with van der Waals surface area (Å²) in [5, 5.41) is 0.719. The molecule has 0 N–H and O–H groups in total. The van der Waals surface area contributed by atoms with Crippen LogP contribution in [0, 0.1) is 0 Å². The van der Waals surface area contributed by atoms with Crippen molar-refractivity contribution in [3.05, 3.63) is 75.3 Å². The molecule has 0 unspecified atom stereocenters. The van der Waals surface area contributed by atoms with E-state index in [0.717, 1.165) is 27.9 Å². The fourth-order valence-corrected chi connectivity index (χ4v) is 4.69. The molecule has 0 atom stereocenters. The number of hydrogen-bond donors (Lipinski definition) is 0. The van der Waals surface area contributed by atoms with Crippen LogP contribution in [0.5, 0.6) is 0 Å². The van der Waals surface area contributed by atoms with Gasteiger partial charge in [-0.15, -0.1) is 0 Å². The number of carbonyl (C=O) groups excluding carboxylic acids is 1. The van der Waals surface area contributed by atoms with Crippen LogP contribution in [0.2, 0.25) is 5.02 Å². The van der Waals surface area contributed by atoms with Crippen LogP contribution in [0.4, 0.5) is 4.79 Å². The predicted molar refractivity (Wildman–Crippen MR) is 119 cm³/mol. The minimum atomic E-state index is -0.218. The molecule has 28 heavy (non-hydrogen) atoms. The third-order valence-electron chi connectivity index (χ3n) is 5.27. The highest BCUT2D eigenvalue weighted by molar-refractivity contribution is 9.15. The molecular weight excluding hydrogens is 438 g/mol. The molecule has 0 saturated carbocycles.